The zero-order chi connectivity index (χ0) is 44.8. The lowest BCUT2D eigenvalue weighted by atomic mass is 9.78. The molecule has 2 aliphatic heterocycles. The van der Waals surface area contributed by atoms with Crippen LogP contribution in [0.25, 0.3) is 0 Å². The van der Waals surface area contributed by atoms with Crippen LogP contribution in [-0.2, 0) is 20.3 Å². The molecule has 4 aromatic carbocycles. The van der Waals surface area contributed by atoms with Crippen molar-refractivity contribution in [2.24, 2.45) is 0 Å². The van der Waals surface area contributed by atoms with Crippen molar-refractivity contribution in [2.75, 3.05) is 26.4 Å². The largest absolute Gasteiger partial charge is 0.489 e. The van der Waals surface area contributed by atoms with Gasteiger partial charge in [0.1, 0.15) is 53.5 Å². The third kappa shape index (κ3) is 12.4. The van der Waals surface area contributed by atoms with Crippen LogP contribution in [0, 0.1) is 0 Å². The van der Waals surface area contributed by atoms with Crippen LogP contribution in [0.5, 0.6) is 23.0 Å². The molecule has 6 rings (SSSR count). The molecule has 0 spiro atoms. The van der Waals surface area contributed by atoms with Crippen molar-refractivity contribution in [2.45, 2.75) is 115 Å². The van der Waals surface area contributed by atoms with Crippen LogP contribution < -0.4 is 18.9 Å². The highest BCUT2D eigenvalue weighted by atomic mass is 79.9. The first-order chi connectivity index (χ1) is 28.4. The predicted molar refractivity (Wildman–Crippen MR) is 271 cm³/mol. The lowest BCUT2D eigenvalue weighted by Gasteiger charge is -2.32. The Morgan fingerprint density at radius 2 is 0.902 bits per heavy atom. The van der Waals surface area contributed by atoms with E-state index in [-0.39, 0.29) is 35.2 Å². The summed E-state index contributed by atoms with van der Waals surface area (Å²) in [4.78, 5) is 0. The van der Waals surface area contributed by atoms with E-state index in [0.29, 0.717) is 24.5 Å². The molecular weight excluding hydrogens is 1300 g/mol. The minimum Gasteiger partial charge on any atom is -0.489 e. The average Bonchev–Trinajstić information content (AvgIpc) is 4.11. The molecule has 2 heterocycles. The monoisotopic (exact) mass is 1350 g/mol. The summed E-state index contributed by atoms with van der Waals surface area (Å²) >= 11 is 30.2. The summed E-state index contributed by atoms with van der Waals surface area (Å²) in [7, 11) is 0. The molecule has 0 amide bonds. The summed E-state index contributed by atoms with van der Waals surface area (Å²) in [5, 5.41) is 11.3. The van der Waals surface area contributed by atoms with Crippen molar-refractivity contribution in [3.8, 4) is 23.0 Å². The SMILES string of the molecule is CCC(C)(CC1CO1)Oc1c(Br)cc(C(C)(C)c2cc(Br)c(OCC(O)CC(C)(C)Oc3c(Br)cc(C(C)(C)c4cc(Br)c(OCC5CO5)c(Br)c4)cc3Br)c(Br)c2)cc1Br. The lowest BCUT2D eigenvalue weighted by Crippen LogP contribution is -2.35. The van der Waals surface area contributed by atoms with Crippen molar-refractivity contribution in [1.82, 2.24) is 0 Å². The van der Waals surface area contributed by atoms with Crippen molar-refractivity contribution in [1.29, 1.82) is 0 Å². The molecule has 2 fully saturated rings. The van der Waals surface area contributed by atoms with Gasteiger partial charge in [0.05, 0.1) is 61.2 Å². The summed E-state index contributed by atoms with van der Waals surface area (Å²) in [6.45, 7) is 19.1. The quantitative estimate of drug-likeness (QED) is 0.0937. The third-order valence-electron chi connectivity index (χ3n) is 11.4. The van der Waals surface area contributed by atoms with Gasteiger partial charge in [-0.1, -0.05) is 34.6 Å². The molecule has 4 aromatic rings. The lowest BCUT2D eigenvalue weighted by molar-refractivity contribution is 0.0164. The Labute approximate surface area is 427 Å². The Bertz CT molecular complexity index is 2160. The van der Waals surface area contributed by atoms with Gasteiger partial charge in [0.25, 0.3) is 0 Å². The van der Waals surface area contributed by atoms with E-state index in [0.717, 1.165) is 95.6 Å². The van der Waals surface area contributed by atoms with Gasteiger partial charge in [-0.2, -0.15) is 0 Å². The van der Waals surface area contributed by atoms with Gasteiger partial charge >= 0.3 is 0 Å². The van der Waals surface area contributed by atoms with E-state index in [2.05, 4.69) is 218 Å². The second-order valence-electron chi connectivity index (χ2n) is 17.7. The minimum atomic E-state index is -0.817. The molecule has 4 atom stereocenters. The number of hydrogen-bond acceptors (Lipinski definition) is 7. The van der Waals surface area contributed by atoms with Crippen LogP contribution in [0.2, 0.25) is 0 Å². The zero-order valence-corrected chi connectivity index (χ0v) is 47.9. The molecule has 0 radical (unpaired) electrons. The van der Waals surface area contributed by atoms with Crippen LogP contribution >= 0.6 is 127 Å². The Balaban J connectivity index is 1.09. The molecule has 0 aromatic heterocycles. The molecule has 2 saturated heterocycles. The molecule has 61 heavy (non-hydrogen) atoms. The molecule has 332 valence electrons. The van der Waals surface area contributed by atoms with Crippen LogP contribution in [0.4, 0.5) is 0 Å². The van der Waals surface area contributed by atoms with Gasteiger partial charge < -0.3 is 33.5 Å². The van der Waals surface area contributed by atoms with Crippen LogP contribution in [0.3, 0.4) is 0 Å². The number of aliphatic hydroxyl groups excluding tert-OH is 1. The topological polar surface area (TPSA) is 82.2 Å². The van der Waals surface area contributed by atoms with Gasteiger partial charge in [0, 0.05) is 23.7 Å². The number of aliphatic hydroxyl groups is 1. The first-order valence-corrected chi connectivity index (χ1v) is 26.3. The zero-order valence-electron chi connectivity index (χ0n) is 35.2. The molecule has 15 heteroatoms. The first-order valence-electron chi connectivity index (χ1n) is 20.0. The molecule has 0 saturated carbocycles. The van der Waals surface area contributed by atoms with Gasteiger partial charge in [-0.3, -0.25) is 0 Å². The van der Waals surface area contributed by atoms with E-state index in [4.69, 9.17) is 28.4 Å². The maximum absolute atomic E-state index is 11.3. The summed E-state index contributed by atoms with van der Waals surface area (Å²) in [6.07, 6.45) is 1.65. The summed E-state index contributed by atoms with van der Waals surface area (Å²) in [5.74, 6) is 2.81. The Morgan fingerprint density at radius 1 is 0.557 bits per heavy atom. The van der Waals surface area contributed by atoms with E-state index in [1.165, 1.54) is 0 Å². The maximum Gasteiger partial charge on any atom is 0.148 e. The minimum absolute atomic E-state index is 0.0659. The predicted octanol–water partition coefficient (Wildman–Crippen LogP) is 15.5. The van der Waals surface area contributed by atoms with Crippen molar-refractivity contribution in [3.63, 3.8) is 0 Å². The van der Waals surface area contributed by atoms with Gasteiger partial charge in [-0.05, 0) is 225 Å². The van der Waals surface area contributed by atoms with Crippen molar-refractivity contribution in [3.05, 3.63) is 107 Å². The number of epoxide rings is 2. The Hall–Kier alpha value is -0.200. The average molecular weight is 1350 g/mol. The number of ether oxygens (including phenoxy) is 6. The second kappa shape index (κ2) is 20.0. The normalized spacial score (nSPS) is 18.0. The number of benzene rings is 4. The van der Waals surface area contributed by atoms with E-state index >= 15 is 0 Å². The van der Waals surface area contributed by atoms with E-state index < -0.39 is 11.7 Å². The van der Waals surface area contributed by atoms with Gasteiger partial charge in [0.2, 0.25) is 0 Å². The van der Waals surface area contributed by atoms with Crippen molar-refractivity contribution < 1.29 is 33.5 Å². The van der Waals surface area contributed by atoms with Gasteiger partial charge in [-0.15, -0.1) is 0 Å². The molecule has 0 aliphatic carbocycles. The fraction of sp³-hybridized carbons (Fsp3) is 0.478. The number of rotatable bonds is 19. The maximum atomic E-state index is 11.3. The van der Waals surface area contributed by atoms with E-state index in [1.807, 2.05) is 13.8 Å². The molecule has 0 bridgehead atoms. The van der Waals surface area contributed by atoms with Gasteiger partial charge in [-0.25, -0.2) is 0 Å². The first kappa shape index (κ1) is 50.2. The highest BCUT2D eigenvalue weighted by molar-refractivity contribution is 9.12. The summed E-state index contributed by atoms with van der Waals surface area (Å²) < 4.78 is 42.9. The summed E-state index contributed by atoms with van der Waals surface area (Å²) in [5.41, 5.74) is 2.51. The van der Waals surface area contributed by atoms with Crippen LogP contribution in [-0.4, -0.2) is 61.0 Å². The highest BCUT2D eigenvalue weighted by Gasteiger charge is 2.37. The smallest absolute Gasteiger partial charge is 0.148 e. The van der Waals surface area contributed by atoms with E-state index in [9.17, 15) is 5.11 Å². The molecule has 7 nitrogen and oxygen atoms in total. The standard InChI is InChI=1S/C46H50Br8O7/c1-9-46(8,19-29-21-56-29)61-42-37(53)16-27(17-38(42)54)45(6,7)24-10-31(47)39(32(48)11-24)58-20-28(55)18-43(2,3)60-41-35(51)14-26(15-36(41)52)44(4,5)25-12-33(49)40(34(50)13-25)59-23-30-22-57-30/h10-17,28-30,55H,9,18-23H2,1-8H3. The fourth-order valence-corrected chi connectivity index (χ4v) is 12.7. The Kier molecular flexibility index (Phi) is 16.4. The van der Waals surface area contributed by atoms with Gasteiger partial charge in [0.15, 0.2) is 0 Å². The van der Waals surface area contributed by atoms with E-state index in [1.54, 1.807) is 0 Å². The molecule has 2 aliphatic rings. The van der Waals surface area contributed by atoms with Crippen LogP contribution in [0.1, 0.15) is 96.9 Å². The fourth-order valence-electron chi connectivity index (χ4n) is 7.12. The second-order valence-corrected chi connectivity index (χ2v) is 24.5. The molecule has 1 N–H and O–H groups in total. The Morgan fingerprint density at radius 3 is 1.26 bits per heavy atom. The van der Waals surface area contributed by atoms with Crippen molar-refractivity contribution >= 4 is 127 Å². The number of hydrogen-bond donors (Lipinski definition) is 1. The molecular formula is C46H50Br8O7. The van der Waals surface area contributed by atoms with Crippen LogP contribution in [0.15, 0.2) is 84.3 Å². The molecule has 4 unspecified atom stereocenters. The number of halogens is 8. The highest BCUT2D eigenvalue weighted by Crippen LogP contribution is 2.47. The third-order valence-corrected chi connectivity index (χ3v) is 16.1. The summed E-state index contributed by atoms with van der Waals surface area (Å²) in [6, 6.07) is 16.8.